The van der Waals surface area contributed by atoms with E-state index in [1.54, 1.807) is 12.1 Å². The van der Waals surface area contributed by atoms with Gasteiger partial charge in [-0.25, -0.2) is 9.78 Å². The van der Waals surface area contributed by atoms with E-state index in [1.807, 2.05) is 4.90 Å². The number of hydrogen-bond donors (Lipinski definition) is 2. The minimum atomic E-state index is -1.09. The first-order valence-corrected chi connectivity index (χ1v) is 9.33. The van der Waals surface area contributed by atoms with Crippen molar-refractivity contribution < 1.29 is 19.6 Å². The maximum Gasteiger partial charge on any atom is 0.355 e. The zero-order valence-corrected chi connectivity index (χ0v) is 15.2. The topological polar surface area (TPSA) is 126 Å². The normalized spacial score (nSPS) is 13.6. The summed E-state index contributed by atoms with van der Waals surface area (Å²) in [6, 6.07) is 4.51. The van der Waals surface area contributed by atoms with Crippen LogP contribution in [0.2, 0.25) is 0 Å². The number of nitrogens with zero attached hydrogens (tertiary/aromatic N) is 3. The largest absolute Gasteiger partial charge is 0.476 e. The molecule has 0 unspecified atom stereocenters. The number of rotatable bonds is 7. The Morgan fingerprint density at radius 2 is 2.07 bits per heavy atom. The van der Waals surface area contributed by atoms with Gasteiger partial charge in [0.2, 0.25) is 0 Å². The van der Waals surface area contributed by atoms with Crippen molar-refractivity contribution in [2.24, 2.45) is 0 Å². The van der Waals surface area contributed by atoms with Gasteiger partial charge in [-0.2, -0.15) is 0 Å². The van der Waals surface area contributed by atoms with E-state index in [4.69, 9.17) is 5.11 Å². The molecule has 0 radical (unpaired) electrons. The first-order chi connectivity index (χ1) is 13.0. The number of aromatic carboxylic acids is 1. The van der Waals surface area contributed by atoms with Crippen LogP contribution >= 0.6 is 11.3 Å². The summed E-state index contributed by atoms with van der Waals surface area (Å²) in [5, 5.41) is 25.0. The fraction of sp³-hybridized carbons (Fsp3) is 0.353. The van der Waals surface area contributed by atoms with Crippen molar-refractivity contribution in [3.8, 4) is 0 Å². The molecular weight excluding hydrogens is 372 g/mol. The molecule has 1 aliphatic rings. The Hall–Kier alpha value is -3.01. The average molecular weight is 390 g/mol. The fourth-order valence-corrected chi connectivity index (χ4v) is 3.72. The van der Waals surface area contributed by atoms with Crippen LogP contribution in [0.4, 0.5) is 11.4 Å². The average Bonchev–Trinajstić information content (AvgIpc) is 3.33. The summed E-state index contributed by atoms with van der Waals surface area (Å²) in [5.41, 5.74) is 0.665. The first-order valence-electron chi connectivity index (χ1n) is 8.45. The van der Waals surface area contributed by atoms with E-state index in [1.165, 1.54) is 22.8 Å². The molecule has 10 heteroatoms. The predicted octanol–water partition coefficient (Wildman–Crippen LogP) is 2.32. The van der Waals surface area contributed by atoms with Gasteiger partial charge in [0, 0.05) is 43.1 Å². The number of nitro benzene ring substituents is 1. The Morgan fingerprint density at radius 3 is 2.70 bits per heavy atom. The van der Waals surface area contributed by atoms with Crippen LogP contribution in [0, 0.1) is 10.1 Å². The SMILES string of the molecule is O=C(NCCc1nc(C(=O)O)cs1)c1ccc(N2CCCC2)c([N+](=O)[O-])c1. The Morgan fingerprint density at radius 1 is 1.33 bits per heavy atom. The van der Waals surface area contributed by atoms with Gasteiger partial charge in [0.05, 0.1) is 9.93 Å². The molecule has 1 amide bonds. The molecule has 0 atom stereocenters. The minimum absolute atomic E-state index is 0.0190. The van der Waals surface area contributed by atoms with Crippen molar-refractivity contribution in [1.82, 2.24) is 10.3 Å². The number of carbonyl (C=O) groups is 2. The summed E-state index contributed by atoms with van der Waals surface area (Å²) in [5.74, 6) is -1.51. The summed E-state index contributed by atoms with van der Waals surface area (Å²) in [4.78, 5) is 39.9. The second kappa shape index (κ2) is 8.12. The number of carbonyl (C=O) groups excluding carboxylic acids is 1. The number of benzene rings is 1. The Balaban J connectivity index is 1.64. The van der Waals surface area contributed by atoms with E-state index in [9.17, 15) is 19.7 Å². The van der Waals surface area contributed by atoms with E-state index in [0.717, 1.165) is 25.9 Å². The quantitative estimate of drug-likeness (QED) is 0.549. The lowest BCUT2D eigenvalue weighted by atomic mass is 10.1. The van der Waals surface area contributed by atoms with Gasteiger partial charge in [0.15, 0.2) is 5.69 Å². The van der Waals surface area contributed by atoms with Crippen LogP contribution in [0.3, 0.4) is 0 Å². The van der Waals surface area contributed by atoms with Crippen LogP contribution in [0.5, 0.6) is 0 Å². The highest BCUT2D eigenvalue weighted by molar-refractivity contribution is 7.09. The van der Waals surface area contributed by atoms with Gasteiger partial charge in [-0.1, -0.05) is 0 Å². The minimum Gasteiger partial charge on any atom is -0.476 e. The summed E-state index contributed by atoms with van der Waals surface area (Å²) in [7, 11) is 0. The molecule has 2 N–H and O–H groups in total. The maximum atomic E-state index is 12.3. The molecule has 9 nitrogen and oxygen atoms in total. The van der Waals surface area contributed by atoms with E-state index >= 15 is 0 Å². The molecular formula is C17H18N4O5S. The predicted molar refractivity (Wildman–Crippen MR) is 99.7 cm³/mol. The summed E-state index contributed by atoms with van der Waals surface area (Å²) in [6.45, 7) is 1.81. The fourth-order valence-electron chi connectivity index (χ4n) is 2.95. The maximum absolute atomic E-state index is 12.3. The number of anilines is 1. The smallest absolute Gasteiger partial charge is 0.355 e. The van der Waals surface area contributed by atoms with Crippen LogP contribution in [-0.2, 0) is 6.42 Å². The summed E-state index contributed by atoms with van der Waals surface area (Å²) >= 11 is 1.21. The van der Waals surface area contributed by atoms with Crippen molar-refractivity contribution in [2.45, 2.75) is 19.3 Å². The van der Waals surface area contributed by atoms with Crippen molar-refractivity contribution >= 4 is 34.6 Å². The number of carboxylic acid groups (broad SMARTS) is 1. The monoisotopic (exact) mass is 390 g/mol. The molecule has 1 saturated heterocycles. The van der Waals surface area contributed by atoms with Crippen LogP contribution in [0.15, 0.2) is 23.6 Å². The van der Waals surface area contributed by atoms with E-state index in [2.05, 4.69) is 10.3 Å². The van der Waals surface area contributed by atoms with Gasteiger partial charge in [-0.05, 0) is 25.0 Å². The third kappa shape index (κ3) is 4.40. The van der Waals surface area contributed by atoms with Gasteiger partial charge >= 0.3 is 5.97 Å². The number of thiazole rings is 1. The molecule has 3 rings (SSSR count). The molecule has 0 aliphatic carbocycles. The number of hydrogen-bond acceptors (Lipinski definition) is 7. The van der Waals surface area contributed by atoms with Crippen LogP contribution < -0.4 is 10.2 Å². The van der Waals surface area contributed by atoms with E-state index in [0.29, 0.717) is 17.1 Å². The lowest BCUT2D eigenvalue weighted by molar-refractivity contribution is -0.384. The molecule has 1 aliphatic heterocycles. The zero-order valence-electron chi connectivity index (χ0n) is 14.4. The van der Waals surface area contributed by atoms with Gasteiger partial charge in [0.1, 0.15) is 5.69 Å². The molecule has 0 saturated carbocycles. The van der Waals surface area contributed by atoms with E-state index in [-0.39, 0.29) is 23.5 Å². The molecule has 0 bridgehead atoms. The Kier molecular flexibility index (Phi) is 5.65. The molecule has 27 heavy (non-hydrogen) atoms. The lowest BCUT2D eigenvalue weighted by Crippen LogP contribution is -2.26. The Labute approximate surface area is 158 Å². The van der Waals surface area contributed by atoms with E-state index < -0.39 is 16.8 Å². The second-order valence-electron chi connectivity index (χ2n) is 6.09. The highest BCUT2D eigenvalue weighted by Gasteiger charge is 2.23. The molecule has 2 heterocycles. The van der Waals surface area contributed by atoms with Crippen molar-refractivity contribution in [2.75, 3.05) is 24.5 Å². The third-order valence-corrected chi connectivity index (χ3v) is 5.18. The number of carboxylic acids is 1. The second-order valence-corrected chi connectivity index (χ2v) is 7.03. The molecule has 1 aromatic heterocycles. The van der Waals surface area contributed by atoms with Crippen molar-refractivity contribution in [1.29, 1.82) is 0 Å². The summed E-state index contributed by atoms with van der Waals surface area (Å²) in [6.07, 6.45) is 2.39. The van der Waals surface area contributed by atoms with Crippen LogP contribution in [-0.4, -0.2) is 46.5 Å². The third-order valence-electron chi connectivity index (χ3n) is 4.28. The number of nitro groups is 1. The first kappa shape index (κ1) is 18.8. The number of nitrogens with one attached hydrogen (secondary N) is 1. The van der Waals surface area contributed by atoms with Crippen LogP contribution in [0.25, 0.3) is 0 Å². The zero-order chi connectivity index (χ0) is 19.4. The molecule has 0 spiro atoms. The van der Waals surface area contributed by atoms with Gasteiger partial charge in [0.25, 0.3) is 11.6 Å². The molecule has 1 aromatic carbocycles. The molecule has 2 aromatic rings. The lowest BCUT2D eigenvalue weighted by Gasteiger charge is -2.17. The molecule has 142 valence electrons. The molecule has 1 fully saturated rings. The van der Waals surface area contributed by atoms with Gasteiger partial charge in [-0.3, -0.25) is 14.9 Å². The highest BCUT2D eigenvalue weighted by Crippen LogP contribution is 2.31. The van der Waals surface area contributed by atoms with Gasteiger partial charge < -0.3 is 15.3 Å². The number of amides is 1. The Bertz CT molecular complexity index is 876. The standard InChI is InChI=1S/C17H18N4O5S/c22-16(18-6-5-15-19-12(10-27-15)17(23)24)11-3-4-13(14(9-11)21(25)26)20-7-1-2-8-20/h3-4,9-10H,1-2,5-8H2,(H,18,22)(H,23,24). The summed E-state index contributed by atoms with van der Waals surface area (Å²) < 4.78 is 0. The van der Waals surface area contributed by atoms with Crippen molar-refractivity contribution in [3.63, 3.8) is 0 Å². The highest BCUT2D eigenvalue weighted by atomic mass is 32.1. The van der Waals surface area contributed by atoms with Crippen molar-refractivity contribution in [3.05, 3.63) is 50.0 Å². The van der Waals surface area contributed by atoms with Gasteiger partial charge in [-0.15, -0.1) is 11.3 Å². The number of aromatic nitrogens is 1. The van der Waals surface area contributed by atoms with Crippen LogP contribution in [0.1, 0.15) is 38.7 Å².